The Labute approximate surface area is 237 Å². The summed E-state index contributed by atoms with van der Waals surface area (Å²) < 4.78 is 5.18. The molecule has 1 aromatic heterocycles. The van der Waals surface area contributed by atoms with Gasteiger partial charge in [0, 0.05) is 32.1 Å². The highest BCUT2D eigenvalue weighted by Gasteiger charge is 2.26. The second-order valence-corrected chi connectivity index (χ2v) is 11.0. The number of unbranched alkanes of at least 4 members (excludes halogenated alkanes) is 1. The van der Waals surface area contributed by atoms with Gasteiger partial charge in [-0.2, -0.15) is 5.10 Å². The topological polar surface area (TPSA) is 146 Å². The number of carbonyl (C=O) groups is 4. The maximum Gasteiger partial charge on any atom is 0.407 e. The van der Waals surface area contributed by atoms with E-state index in [9.17, 15) is 19.2 Å². The van der Waals surface area contributed by atoms with Crippen LogP contribution in [0.5, 0.6) is 0 Å². The first-order valence-corrected chi connectivity index (χ1v) is 13.5. The van der Waals surface area contributed by atoms with Gasteiger partial charge in [0.15, 0.2) is 0 Å². The number of aromatic amines is 1. The number of H-pyrrole nitrogens is 1. The maximum absolute atomic E-state index is 12.9. The number of hydrogen-bond donors (Lipinski definition) is 4. The predicted molar refractivity (Wildman–Crippen MR) is 148 cm³/mol. The van der Waals surface area contributed by atoms with Crippen LogP contribution in [0.15, 0.2) is 24.4 Å². The van der Waals surface area contributed by atoms with E-state index in [1.165, 1.54) is 6.20 Å². The van der Waals surface area contributed by atoms with Gasteiger partial charge in [0.1, 0.15) is 11.3 Å². The molecule has 2 aromatic rings. The highest BCUT2D eigenvalue weighted by molar-refractivity contribution is 6.40. The molecule has 0 radical (unpaired) electrons. The van der Waals surface area contributed by atoms with Gasteiger partial charge in [0.2, 0.25) is 5.91 Å². The number of amides is 4. The number of carbonyl (C=O) groups excluding carboxylic acids is 4. The molecule has 0 unspecified atom stereocenters. The minimum absolute atomic E-state index is 0.0499. The molecule has 2 heterocycles. The van der Waals surface area contributed by atoms with Crippen molar-refractivity contribution in [1.29, 1.82) is 0 Å². The Hall–Kier alpha value is -3.31. The van der Waals surface area contributed by atoms with Crippen LogP contribution in [-0.2, 0) is 9.53 Å². The molecule has 0 atom stereocenters. The lowest BCUT2D eigenvalue weighted by molar-refractivity contribution is -0.132. The highest BCUT2D eigenvalue weighted by Crippen LogP contribution is 2.26. The Kier molecular flexibility index (Phi) is 10.6. The second kappa shape index (κ2) is 13.7. The molecule has 0 spiro atoms. The number of piperidine rings is 1. The van der Waals surface area contributed by atoms with Crippen LogP contribution < -0.4 is 16.0 Å². The van der Waals surface area contributed by atoms with E-state index in [0.29, 0.717) is 51.7 Å². The van der Waals surface area contributed by atoms with Crippen LogP contribution in [0.2, 0.25) is 10.0 Å². The number of nitrogens with one attached hydrogen (secondary N) is 4. The molecular formula is C26H34Cl2N6O5. The molecule has 212 valence electrons. The van der Waals surface area contributed by atoms with E-state index in [2.05, 4.69) is 26.1 Å². The van der Waals surface area contributed by atoms with Gasteiger partial charge in [-0.1, -0.05) is 29.3 Å². The van der Waals surface area contributed by atoms with E-state index in [-0.39, 0.29) is 38.9 Å². The smallest absolute Gasteiger partial charge is 0.407 e. The summed E-state index contributed by atoms with van der Waals surface area (Å²) in [5.74, 6) is -0.933. The van der Waals surface area contributed by atoms with Crippen molar-refractivity contribution < 1.29 is 23.9 Å². The first-order chi connectivity index (χ1) is 18.4. The molecule has 0 saturated carbocycles. The SMILES string of the molecule is CC(C)(C)OC(=O)NCCCCC(=O)N1CCC(NC(=O)c2[nH]ncc2NC(=O)c2c(Cl)cccc2Cl)CC1. The summed E-state index contributed by atoms with van der Waals surface area (Å²) in [6.45, 7) is 6.89. The highest BCUT2D eigenvalue weighted by atomic mass is 35.5. The van der Waals surface area contributed by atoms with Gasteiger partial charge in [-0.3, -0.25) is 19.5 Å². The molecular weight excluding hydrogens is 547 g/mol. The van der Waals surface area contributed by atoms with E-state index < -0.39 is 23.5 Å². The van der Waals surface area contributed by atoms with Gasteiger partial charge < -0.3 is 25.6 Å². The number of ether oxygens (including phenoxy) is 1. The minimum atomic E-state index is -0.562. The van der Waals surface area contributed by atoms with Crippen LogP contribution >= 0.6 is 23.2 Å². The fraction of sp³-hybridized carbons (Fsp3) is 0.500. The fourth-order valence-corrected chi connectivity index (χ4v) is 4.62. The summed E-state index contributed by atoms with van der Waals surface area (Å²) in [6.07, 6.45) is 3.78. The van der Waals surface area contributed by atoms with Crippen LogP contribution in [0, 0.1) is 0 Å². The normalized spacial score (nSPS) is 14.0. The number of rotatable bonds is 9. The number of halogens is 2. The average molecular weight is 582 g/mol. The first-order valence-electron chi connectivity index (χ1n) is 12.8. The molecule has 11 nitrogen and oxygen atoms in total. The summed E-state index contributed by atoms with van der Waals surface area (Å²) in [4.78, 5) is 51.6. The average Bonchev–Trinajstić information content (AvgIpc) is 3.31. The van der Waals surface area contributed by atoms with E-state index in [4.69, 9.17) is 27.9 Å². The fourth-order valence-electron chi connectivity index (χ4n) is 4.05. The molecule has 39 heavy (non-hydrogen) atoms. The van der Waals surface area contributed by atoms with Gasteiger partial charge in [-0.25, -0.2) is 4.79 Å². The molecule has 1 aliphatic rings. The quantitative estimate of drug-likeness (QED) is 0.324. The standard InChI is InChI=1S/C26H34Cl2N6O5/c1-26(2,3)39-25(38)29-12-5-4-9-20(35)34-13-10-16(11-14-34)31-24(37)22-19(15-30-33-22)32-23(36)21-17(27)7-6-8-18(21)28/h6-8,15-16H,4-5,9-14H2,1-3H3,(H,29,38)(H,30,33)(H,31,37)(H,32,36). The van der Waals surface area contributed by atoms with Crippen molar-refractivity contribution in [2.24, 2.45) is 0 Å². The third kappa shape index (κ3) is 9.14. The van der Waals surface area contributed by atoms with Gasteiger partial charge in [0.05, 0.1) is 27.5 Å². The third-order valence-corrected chi connectivity index (χ3v) is 6.60. The van der Waals surface area contributed by atoms with Crippen molar-refractivity contribution in [2.75, 3.05) is 25.0 Å². The zero-order valence-corrected chi connectivity index (χ0v) is 23.7. The number of hydrogen-bond acceptors (Lipinski definition) is 6. The third-order valence-electron chi connectivity index (χ3n) is 5.97. The summed E-state index contributed by atoms with van der Waals surface area (Å²) in [7, 11) is 0. The van der Waals surface area contributed by atoms with Gasteiger partial charge in [-0.15, -0.1) is 0 Å². The van der Waals surface area contributed by atoms with Crippen molar-refractivity contribution in [1.82, 2.24) is 25.7 Å². The molecule has 0 bridgehead atoms. The van der Waals surface area contributed by atoms with Gasteiger partial charge in [-0.05, 0) is 58.6 Å². The van der Waals surface area contributed by atoms with E-state index in [1.807, 2.05) is 0 Å². The van der Waals surface area contributed by atoms with Crippen molar-refractivity contribution in [3.63, 3.8) is 0 Å². The van der Waals surface area contributed by atoms with Gasteiger partial charge in [0.25, 0.3) is 11.8 Å². The molecule has 1 aliphatic heterocycles. The predicted octanol–water partition coefficient (Wildman–Crippen LogP) is 4.38. The largest absolute Gasteiger partial charge is 0.444 e. The lowest BCUT2D eigenvalue weighted by Crippen LogP contribution is -2.46. The van der Waals surface area contributed by atoms with E-state index in [1.54, 1.807) is 43.9 Å². The number of alkyl carbamates (subject to hydrolysis) is 1. The molecule has 0 aliphatic carbocycles. The zero-order valence-electron chi connectivity index (χ0n) is 22.2. The Bertz CT molecular complexity index is 1170. The van der Waals surface area contributed by atoms with Crippen molar-refractivity contribution in [3.05, 3.63) is 45.7 Å². The first kappa shape index (κ1) is 30.2. The lowest BCUT2D eigenvalue weighted by Gasteiger charge is -2.32. The Morgan fingerprint density at radius 1 is 1.08 bits per heavy atom. The molecule has 1 fully saturated rings. The number of anilines is 1. The van der Waals surface area contributed by atoms with Crippen LogP contribution in [0.25, 0.3) is 0 Å². The molecule has 13 heteroatoms. The monoisotopic (exact) mass is 580 g/mol. The zero-order chi connectivity index (χ0) is 28.6. The lowest BCUT2D eigenvalue weighted by atomic mass is 10.0. The number of aromatic nitrogens is 2. The van der Waals surface area contributed by atoms with Crippen molar-refractivity contribution in [3.8, 4) is 0 Å². The van der Waals surface area contributed by atoms with E-state index >= 15 is 0 Å². The Morgan fingerprint density at radius 2 is 1.74 bits per heavy atom. The van der Waals surface area contributed by atoms with Crippen molar-refractivity contribution in [2.45, 2.75) is 64.5 Å². The van der Waals surface area contributed by atoms with Crippen LogP contribution in [0.3, 0.4) is 0 Å². The molecule has 4 N–H and O–H groups in total. The molecule has 1 aromatic carbocycles. The van der Waals surface area contributed by atoms with Crippen molar-refractivity contribution >= 4 is 52.7 Å². The molecule has 3 rings (SSSR count). The summed E-state index contributed by atoms with van der Waals surface area (Å²) >= 11 is 12.2. The summed E-state index contributed by atoms with van der Waals surface area (Å²) in [5.41, 5.74) is -0.147. The maximum atomic E-state index is 12.9. The number of nitrogens with zero attached hydrogens (tertiary/aromatic N) is 2. The second-order valence-electron chi connectivity index (χ2n) is 10.2. The number of likely N-dealkylation sites (tertiary alicyclic amines) is 1. The van der Waals surface area contributed by atoms with E-state index in [0.717, 1.165) is 0 Å². The van der Waals surface area contributed by atoms with Crippen LogP contribution in [0.1, 0.15) is 73.7 Å². The Morgan fingerprint density at radius 3 is 2.38 bits per heavy atom. The Balaban J connectivity index is 1.40. The minimum Gasteiger partial charge on any atom is -0.444 e. The summed E-state index contributed by atoms with van der Waals surface area (Å²) in [6, 6.07) is 4.59. The van der Waals surface area contributed by atoms with Crippen LogP contribution in [0.4, 0.5) is 10.5 Å². The molecule has 4 amide bonds. The molecule has 1 saturated heterocycles. The van der Waals surface area contributed by atoms with Gasteiger partial charge >= 0.3 is 6.09 Å². The number of benzene rings is 1. The summed E-state index contributed by atoms with van der Waals surface area (Å²) in [5, 5.41) is 15.1. The van der Waals surface area contributed by atoms with Crippen LogP contribution in [-0.4, -0.2) is 70.2 Å².